The highest BCUT2D eigenvalue weighted by Crippen LogP contribution is 2.34. The molecule has 0 amide bonds. The highest BCUT2D eigenvalue weighted by Gasteiger charge is 2.18. The molecule has 0 unspecified atom stereocenters. The lowest BCUT2D eigenvalue weighted by atomic mass is 10.2. The average Bonchev–Trinajstić information content (AvgIpc) is 2.95. The first kappa shape index (κ1) is 16.9. The number of aromatic amines is 1. The smallest absolute Gasteiger partial charge is 0.417 e. The van der Waals surface area contributed by atoms with E-state index < -0.39 is 15.8 Å². The van der Waals surface area contributed by atoms with Gasteiger partial charge < -0.3 is 13.9 Å². The normalized spacial score (nSPS) is 11.5. The Kier molecular flexibility index (Phi) is 4.17. The molecule has 0 radical (unpaired) electrons. The van der Waals surface area contributed by atoms with E-state index in [0.717, 1.165) is 0 Å². The lowest BCUT2D eigenvalue weighted by Crippen LogP contribution is -2.14. The second-order valence-electron chi connectivity index (χ2n) is 5.30. The van der Waals surface area contributed by atoms with E-state index in [9.17, 15) is 13.2 Å². The minimum absolute atomic E-state index is 0.0306. The number of oxazole rings is 1. The molecular weight excluding hydrogens is 348 g/mol. The fraction of sp³-hybridized carbons (Fsp3) is 0.188. The third-order valence-electron chi connectivity index (χ3n) is 3.68. The molecule has 2 aromatic carbocycles. The molecule has 132 valence electrons. The van der Waals surface area contributed by atoms with Gasteiger partial charge in [-0.05, 0) is 30.7 Å². The first-order chi connectivity index (χ1) is 11.8. The van der Waals surface area contributed by atoms with Gasteiger partial charge in [0.05, 0.1) is 30.3 Å². The Labute approximate surface area is 143 Å². The van der Waals surface area contributed by atoms with Crippen molar-refractivity contribution in [1.29, 1.82) is 0 Å². The maximum Gasteiger partial charge on any atom is 0.417 e. The zero-order chi connectivity index (χ0) is 18.2. The summed E-state index contributed by atoms with van der Waals surface area (Å²) in [6.45, 7) is 1.74. The number of methoxy groups -OCH3 is 2. The lowest BCUT2D eigenvalue weighted by Gasteiger charge is -2.14. The summed E-state index contributed by atoms with van der Waals surface area (Å²) in [4.78, 5) is 13.6. The number of rotatable bonds is 5. The Bertz CT molecular complexity index is 1100. The third kappa shape index (κ3) is 3.18. The van der Waals surface area contributed by atoms with Gasteiger partial charge in [-0.25, -0.2) is 13.2 Å². The number of H-pyrrole nitrogens is 1. The van der Waals surface area contributed by atoms with Crippen LogP contribution in [-0.4, -0.2) is 27.6 Å². The third-order valence-corrected chi connectivity index (χ3v) is 5.04. The zero-order valence-electron chi connectivity index (χ0n) is 13.7. The molecule has 3 rings (SSSR count). The van der Waals surface area contributed by atoms with Crippen molar-refractivity contribution in [2.45, 2.75) is 11.8 Å². The van der Waals surface area contributed by atoms with Crippen LogP contribution in [0, 0.1) is 6.92 Å². The summed E-state index contributed by atoms with van der Waals surface area (Å²) in [7, 11) is -0.918. The summed E-state index contributed by atoms with van der Waals surface area (Å²) in [6.07, 6.45) is 0. The molecule has 0 fully saturated rings. The molecular formula is C16H16N2O6S. The fourth-order valence-corrected chi connectivity index (χ4v) is 3.52. The van der Waals surface area contributed by atoms with Crippen LogP contribution >= 0.6 is 0 Å². The number of ether oxygens (including phenoxy) is 2. The minimum atomic E-state index is -3.88. The SMILES string of the molecule is COc1cc(C)c(NS(=O)(=O)c2ccc3[nH]c(=O)oc3c2)cc1OC. The quantitative estimate of drug-likeness (QED) is 0.718. The van der Waals surface area contributed by atoms with Gasteiger partial charge in [-0.1, -0.05) is 0 Å². The Hall–Kier alpha value is -2.94. The van der Waals surface area contributed by atoms with E-state index in [-0.39, 0.29) is 10.5 Å². The zero-order valence-corrected chi connectivity index (χ0v) is 14.6. The second-order valence-corrected chi connectivity index (χ2v) is 6.98. The molecule has 0 bridgehead atoms. The maximum absolute atomic E-state index is 12.6. The first-order valence-corrected chi connectivity index (χ1v) is 8.70. The summed E-state index contributed by atoms with van der Waals surface area (Å²) < 4.78 is 43.1. The van der Waals surface area contributed by atoms with Crippen molar-refractivity contribution >= 4 is 26.8 Å². The van der Waals surface area contributed by atoms with Gasteiger partial charge in [0.25, 0.3) is 10.0 Å². The van der Waals surface area contributed by atoms with Gasteiger partial charge in [0.15, 0.2) is 17.1 Å². The summed E-state index contributed by atoms with van der Waals surface area (Å²) in [6, 6.07) is 7.35. The van der Waals surface area contributed by atoms with Gasteiger partial charge in [-0.15, -0.1) is 0 Å². The first-order valence-electron chi connectivity index (χ1n) is 7.22. The fourth-order valence-electron chi connectivity index (χ4n) is 2.39. The van der Waals surface area contributed by atoms with Crippen LogP contribution in [-0.2, 0) is 10.0 Å². The van der Waals surface area contributed by atoms with Crippen LogP contribution in [0.5, 0.6) is 11.5 Å². The maximum atomic E-state index is 12.6. The molecule has 1 aromatic heterocycles. The van der Waals surface area contributed by atoms with Crippen LogP contribution in [0.2, 0.25) is 0 Å². The van der Waals surface area contributed by atoms with Gasteiger partial charge in [0.2, 0.25) is 0 Å². The highest BCUT2D eigenvalue weighted by atomic mass is 32.2. The van der Waals surface area contributed by atoms with Crippen molar-refractivity contribution < 1.29 is 22.3 Å². The Morgan fingerprint density at radius 2 is 1.76 bits per heavy atom. The average molecular weight is 364 g/mol. The molecule has 25 heavy (non-hydrogen) atoms. The summed E-state index contributed by atoms with van der Waals surface area (Å²) >= 11 is 0. The minimum Gasteiger partial charge on any atom is -0.493 e. The number of hydrogen-bond acceptors (Lipinski definition) is 6. The Morgan fingerprint density at radius 3 is 2.44 bits per heavy atom. The molecule has 0 aliphatic carbocycles. The standard InChI is InChI=1S/C16H16N2O6S/c1-9-6-14(22-2)15(23-3)8-12(9)18-25(20,21)10-4-5-11-13(7-10)24-16(19)17-11/h4-8,18H,1-3H3,(H,17,19). The summed E-state index contributed by atoms with van der Waals surface area (Å²) in [5.41, 5.74) is 1.60. The van der Waals surface area contributed by atoms with Crippen molar-refractivity contribution in [2.75, 3.05) is 18.9 Å². The second kappa shape index (κ2) is 6.17. The largest absolute Gasteiger partial charge is 0.493 e. The van der Waals surface area contributed by atoms with E-state index >= 15 is 0 Å². The van der Waals surface area contributed by atoms with E-state index in [1.807, 2.05) is 0 Å². The van der Waals surface area contributed by atoms with E-state index in [2.05, 4.69) is 9.71 Å². The molecule has 8 nitrogen and oxygen atoms in total. The van der Waals surface area contributed by atoms with Gasteiger partial charge in [0.1, 0.15) is 0 Å². The Balaban J connectivity index is 2.01. The van der Waals surface area contributed by atoms with Crippen LogP contribution in [0.15, 0.2) is 44.4 Å². The molecule has 1 heterocycles. The highest BCUT2D eigenvalue weighted by molar-refractivity contribution is 7.92. The number of aryl methyl sites for hydroxylation is 1. The van der Waals surface area contributed by atoms with E-state index in [4.69, 9.17) is 13.9 Å². The van der Waals surface area contributed by atoms with Crippen LogP contribution in [0.1, 0.15) is 5.56 Å². The van der Waals surface area contributed by atoms with Gasteiger partial charge >= 0.3 is 5.76 Å². The number of benzene rings is 2. The number of anilines is 1. The monoisotopic (exact) mass is 364 g/mol. The van der Waals surface area contributed by atoms with Crippen LogP contribution < -0.4 is 20.0 Å². The molecule has 0 aliphatic heterocycles. The van der Waals surface area contributed by atoms with E-state index in [0.29, 0.717) is 28.3 Å². The van der Waals surface area contributed by atoms with Crippen LogP contribution in [0.3, 0.4) is 0 Å². The number of hydrogen-bond donors (Lipinski definition) is 2. The molecule has 0 saturated heterocycles. The number of aromatic nitrogens is 1. The molecule has 0 atom stereocenters. The predicted molar refractivity (Wildman–Crippen MR) is 91.9 cm³/mol. The topological polar surface area (TPSA) is 111 Å². The van der Waals surface area contributed by atoms with E-state index in [1.165, 1.54) is 32.4 Å². The summed E-state index contributed by atoms with van der Waals surface area (Å²) in [5, 5.41) is 0. The van der Waals surface area contributed by atoms with Crippen molar-refractivity contribution in [3.8, 4) is 11.5 Å². The molecule has 0 spiro atoms. The van der Waals surface area contributed by atoms with Crippen LogP contribution in [0.4, 0.5) is 5.69 Å². The number of nitrogens with one attached hydrogen (secondary N) is 2. The molecule has 0 aliphatic rings. The van der Waals surface area contributed by atoms with E-state index in [1.54, 1.807) is 19.1 Å². The van der Waals surface area contributed by atoms with Gasteiger partial charge in [0, 0.05) is 12.1 Å². The van der Waals surface area contributed by atoms with Crippen LogP contribution in [0.25, 0.3) is 11.1 Å². The van der Waals surface area contributed by atoms with Crippen molar-refractivity contribution in [3.63, 3.8) is 0 Å². The Morgan fingerprint density at radius 1 is 1.08 bits per heavy atom. The van der Waals surface area contributed by atoms with Crippen molar-refractivity contribution in [1.82, 2.24) is 4.98 Å². The van der Waals surface area contributed by atoms with Gasteiger partial charge in [-0.3, -0.25) is 9.71 Å². The predicted octanol–water partition coefficient (Wildman–Crippen LogP) is 2.25. The molecule has 0 saturated carbocycles. The van der Waals surface area contributed by atoms with Gasteiger partial charge in [-0.2, -0.15) is 0 Å². The summed E-state index contributed by atoms with van der Waals surface area (Å²) in [5.74, 6) is 0.254. The molecule has 3 aromatic rings. The lowest BCUT2D eigenvalue weighted by molar-refractivity contribution is 0.355. The van der Waals surface area contributed by atoms with Crippen molar-refractivity contribution in [3.05, 3.63) is 46.4 Å². The molecule has 9 heteroatoms. The van der Waals surface area contributed by atoms with Crippen molar-refractivity contribution in [2.24, 2.45) is 0 Å². The number of sulfonamides is 1. The number of fused-ring (bicyclic) bond motifs is 1. The molecule has 2 N–H and O–H groups in total.